The molecule has 0 bridgehead atoms. The van der Waals surface area contributed by atoms with Gasteiger partial charge in [-0.1, -0.05) is 26.0 Å². The zero-order valence-corrected chi connectivity index (χ0v) is 13.8. The van der Waals surface area contributed by atoms with Crippen molar-refractivity contribution in [2.45, 2.75) is 33.1 Å². The highest BCUT2D eigenvalue weighted by molar-refractivity contribution is 5.98. The first-order valence-electron chi connectivity index (χ1n) is 8.11. The maximum atomic E-state index is 12.2. The van der Waals surface area contributed by atoms with Crippen LogP contribution in [0.3, 0.4) is 0 Å². The van der Waals surface area contributed by atoms with E-state index in [1.165, 1.54) is 0 Å². The van der Waals surface area contributed by atoms with Crippen molar-refractivity contribution < 1.29 is 9.53 Å². The van der Waals surface area contributed by atoms with Crippen LogP contribution in [-0.2, 0) is 11.2 Å². The third kappa shape index (κ3) is 3.55. The predicted octanol–water partition coefficient (Wildman–Crippen LogP) is 3.63. The largest absolute Gasteiger partial charge is 0.497 e. The molecule has 0 spiro atoms. The molecule has 23 heavy (non-hydrogen) atoms. The summed E-state index contributed by atoms with van der Waals surface area (Å²) in [5.41, 5.74) is 3.49. The van der Waals surface area contributed by atoms with Gasteiger partial charge in [0.05, 0.1) is 18.5 Å². The molecule has 5 nitrogen and oxygen atoms in total. The van der Waals surface area contributed by atoms with Gasteiger partial charge in [0.25, 0.3) is 0 Å². The van der Waals surface area contributed by atoms with E-state index in [2.05, 4.69) is 29.4 Å². The highest BCUT2D eigenvalue weighted by atomic mass is 16.5. The molecule has 1 aromatic heterocycles. The van der Waals surface area contributed by atoms with E-state index >= 15 is 0 Å². The summed E-state index contributed by atoms with van der Waals surface area (Å²) in [6.45, 7) is 4.30. The highest BCUT2D eigenvalue weighted by Gasteiger charge is 2.31. The van der Waals surface area contributed by atoms with Crippen molar-refractivity contribution in [1.29, 1.82) is 0 Å². The Bertz CT molecular complexity index is 702. The summed E-state index contributed by atoms with van der Waals surface area (Å²) in [7, 11) is 1.64. The van der Waals surface area contributed by atoms with Crippen molar-refractivity contribution in [2.24, 2.45) is 11.8 Å². The van der Waals surface area contributed by atoms with Gasteiger partial charge in [-0.3, -0.25) is 9.89 Å². The molecule has 0 radical (unpaired) electrons. The minimum atomic E-state index is 0.0977. The highest BCUT2D eigenvalue weighted by Crippen LogP contribution is 2.35. The van der Waals surface area contributed by atoms with Crippen LogP contribution in [-0.4, -0.2) is 23.2 Å². The fourth-order valence-corrected chi connectivity index (χ4v) is 2.62. The normalized spacial score (nSPS) is 14.1. The second-order valence-corrected chi connectivity index (χ2v) is 6.52. The molecule has 122 valence electrons. The van der Waals surface area contributed by atoms with Crippen LogP contribution in [0, 0.1) is 11.8 Å². The van der Waals surface area contributed by atoms with Gasteiger partial charge >= 0.3 is 0 Å². The quantitative estimate of drug-likeness (QED) is 0.855. The SMILES string of the molecule is COc1cccc(-c2n[nH]c(CC(C)C)c2NC(=O)C2CC2)c1. The van der Waals surface area contributed by atoms with Gasteiger partial charge in [-0.05, 0) is 37.3 Å². The summed E-state index contributed by atoms with van der Waals surface area (Å²) in [5.74, 6) is 1.51. The van der Waals surface area contributed by atoms with Gasteiger partial charge in [0.15, 0.2) is 0 Å². The number of carbonyl (C=O) groups is 1. The number of amides is 1. The van der Waals surface area contributed by atoms with Gasteiger partial charge in [-0.25, -0.2) is 0 Å². The molecule has 0 aliphatic heterocycles. The number of aromatic nitrogens is 2. The summed E-state index contributed by atoms with van der Waals surface area (Å²) in [4.78, 5) is 12.2. The molecule has 1 amide bonds. The number of anilines is 1. The molecule has 3 rings (SSSR count). The molecular weight excluding hydrogens is 290 g/mol. The van der Waals surface area contributed by atoms with Crippen molar-refractivity contribution in [1.82, 2.24) is 10.2 Å². The molecule has 5 heteroatoms. The molecule has 0 saturated heterocycles. The second-order valence-electron chi connectivity index (χ2n) is 6.52. The van der Waals surface area contributed by atoms with Gasteiger partial charge < -0.3 is 10.1 Å². The lowest BCUT2D eigenvalue weighted by atomic mass is 10.0. The maximum Gasteiger partial charge on any atom is 0.227 e. The number of aromatic amines is 1. The fourth-order valence-electron chi connectivity index (χ4n) is 2.62. The third-order valence-corrected chi connectivity index (χ3v) is 3.99. The Hall–Kier alpha value is -2.30. The van der Waals surface area contributed by atoms with Gasteiger partial charge in [0.1, 0.15) is 11.4 Å². The first-order valence-corrected chi connectivity index (χ1v) is 8.11. The second kappa shape index (κ2) is 6.44. The predicted molar refractivity (Wildman–Crippen MR) is 90.5 cm³/mol. The van der Waals surface area contributed by atoms with Crippen molar-refractivity contribution in [3.63, 3.8) is 0 Å². The van der Waals surface area contributed by atoms with Crippen molar-refractivity contribution >= 4 is 11.6 Å². The zero-order valence-electron chi connectivity index (χ0n) is 13.8. The van der Waals surface area contributed by atoms with Crippen LogP contribution in [0.4, 0.5) is 5.69 Å². The molecule has 1 aliphatic carbocycles. The van der Waals surface area contributed by atoms with Gasteiger partial charge in [-0.15, -0.1) is 0 Å². The van der Waals surface area contributed by atoms with E-state index in [0.717, 1.165) is 47.7 Å². The number of ether oxygens (including phenoxy) is 1. The monoisotopic (exact) mass is 313 g/mol. The number of benzene rings is 1. The Morgan fingerprint density at radius 1 is 1.43 bits per heavy atom. The third-order valence-electron chi connectivity index (χ3n) is 3.99. The number of hydrogen-bond donors (Lipinski definition) is 2. The molecule has 2 aromatic rings. The summed E-state index contributed by atoms with van der Waals surface area (Å²) < 4.78 is 5.29. The van der Waals surface area contributed by atoms with Crippen LogP contribution in [0.2, 0.25) is 0 Å². The van der Waals surface area contributed by atoms with E-state index in [-0.39, 0.29) is 11.8 Å². The zero-order chi connectivity index (χ0) is 16.4. The van der Waals surface area contributed by atoms with Gasteiger partial charge in [-0.2, -0.15) is 5.10 Å². The first kappa shape index (κ1) is 15.6. The number of nitrogens with one attached hydrogen (secondary N) is 2. The average Bonchev–Trinajstić information content (AvgIpc) is 3.32. The van der Waals surface area contributed by atoms with E-state index in [0.29, 0.717) is 5.92 Å². The van der Waals surface area contributed by atoms with Crippen LogP contribution in [0.25, 0.3) is 11.3 Å². The van der Waals surface area contributed by atoms with E-state index < -0.39 is 0 Å². The number of H-pyrrole nitrogens is 1. The van der Waals surface area contributed by atoms with Crippen LogP contribution in [0.1, 0.15) is 32.4 Å². The average molecular weight is 313 g/mol. The molecule has 1 heterocycles. The standard InChI is InChI=1S/C18H23N3O2/c1-11(2)9-15-17(19-18(22)12-7-8-12)16(21-20-15)13-5-4-6-14(10-13)23-3/h4-6,10-12H,7-9H2,1-3H3,(H,19,22)(H,20,21). The van der Waals surface area contributed by atoms with Crippen LogP contribution < -0.4 is 10.1 Å². The van der Waals surface area contributed by atoms with Crippen LogP contribution in [0.15, 0.2) is 24.3 Å². The van der Waals surface area contributed by atoms with Crippen LogP contribution in [0.5, 0.6) is 5.75 Å². The number of carbonyl (C=O) groups excluding carboxylic acids is 1. The maximum absolute atomic E-state index is 12.2. The number of methoxy groups -OCH3 is 1. The van der Waals surface area contributed by atoms with Crippen molar-refractivity contribution in [3.8, 4) is 17.0 Å². The molecule has 0 unspecified atom stereocenters. The number of hydrogen-bond acceptors (Lipinski definition) is 3. The smallest absolute Gasteiger partial charge is 0.227 e. The topological polar surface area (TPSA) is 67.0 Å². The van der Waals surface area contributed by atoms with E-state index in [1.807, 2.05) is 24.3 Å². The summed E-state index contributed by atoms with van der Waals surface area (Å²) in [6, 6.07) is 7.73. The van der Waals surface area contributed by atoms with Crippen molar-refractivity contribution in [2.75, 3.05) is 12.4 Å². The Balaban J connectivity index is 1.97. The fraction of sp³-hybridized carbons (Fsp3) is 0.444. The minimum absolute atomic E-state index is 0.0977. The first-order chi connectivity index (χ1) is 11.1. The Morgan fingerprint density at radius 3 is 2.87 bits per heavy atom. The Kier molecular flexibility index (Phi) is 4.37. The van der Waals surface area contributed by atoms with E-state index in [1.54, 1.807) is 7.11 Å². The van der Waals surface area contributed by atoms with Gasteiger partial charge in [0.2, 0.25) is 5.91 Å². The summed E-state index contributed by atoms with van der Waals surface area (Å²) in [6.07, 6.45) is 2.81. The molecule has 1 aromatic carbocycles. The van der Waals surface area contributed by atoms with Crippen molar-refractivity contribution in [3.05, 3.63) is 30.0 Å². The number of nitrogens with zero attached hydrogens (tertiary/aromatic N) is 1. The molecule has 1 saturated carbocycles. The summed E-state index contributed by atoms with van der Waals surface area (Å²) in [5, 5.41) is 10.6. The molecule has 1 fully saturated rings. The number of rotatable bonds is 6. The van der Waals surface area contributed by atoms with Crippen LogP contribution >= 0.6 is 0 Å². The van der Waals surface area contributed by atoms with Gasteiger partial charge in [0, 0.05) is 11.5 Å². The Morgan fingerprint density at radius 2 is 2.22 bits per heavy atom. The Labute approximate surface area is 136 Å². The minimum Gasteiger partial charge on any atom is -0.497 e. The van der Waals surface area contributed by atoms with E-state index in [4.69, 9.17) is 4.74 Å². The molecule has 1 aliphatic rings. The molecular formula is C18H23N3O2. The lowest BCUT2D eigenvalue weighted by Crippen LogP contribution is -2.15. The molecule has 0 atom stereocenters. The lowest BCUT2D eigenvalue weighted by Gasteiger charge is -2.10. The molecule has 2 N–H and O–H groups in total. The summed E-state index contributed by atoms with van der Waals surface area (Å²) >= 11 is 0. The van der Waals surface area contributed by atoms with E-state index in [9.17, 15) is 4.79 Å². The lowest BCUT2D eigenvalue weighted by molar-refractivity contribution is -0.117.